The molecule has 0 saturated carbocycles. The summed E-state index contributed by atoms with van der Waals surface area (Å²) in [6.45, 7) is 1.80. The molecule has 1 aromatic rings. The van der Waals surface area contributed by atoms with E-state index in [0.717, 1.165) is 16.9 Å². The van der Waals surface area contributed by atoms with Crippen LogP contribution in [0.3, 0.4) is 0 Å². The number of hydrogen-bond acceptors (Lipinski definition) is 2. The van der Waals surface area contributed by atoms with Crippen molar-refractivity contribution in [2.45, 2.75) is 13.5 Å². The maximum atomic E-state index is 11.8. The van der Waals surface area contributed by atoms with Crippen molar-refractivity contribution in [2.75, 3.05) is 20.3 Å². The molecule has 0 bridgehead atoms. The van der Waals surface area contributed by atoms with E-state index in [1.54, 1.807) is 7.11 Å². The van der Waals surface area contributed by atoms with E-state index >= 15 is 0 Å². The fraction of sp³-hybridized carbons (Fsp3) is 0.417. The van der Waals surface area contributed by atoms with Crippen molar-refractivity contribution in [2.24, 2.45) is 0 Å². The van der Waals surface area contributed by atoms with Gasteiger partial charge in [-0.05, 0) is 24.1 Å². The smallest absolute Gasteiger partial charge is 0.315 e. The lowest BCUT2D eigenvalue weighted by Crippen LogP contribution is -2.36. The largest absolute Gasteiger partial charge is 0.496 e. The van der Waals surface area contributed by atoms with Crippen molar-refractivity contribution in [3.63, 3.8) is 0 Å². The predicted molar refractivity (Wildman–Crippen MR) is 63.9 cm³/mol. The lowest BCUT2D eigenvalue weighted by Gasteiger charge is -2.09. The molecule has 1 rings (SSSR count). The second-order valence-electron chi connectivity index (χ2n) is 3.60. The van der Waals surface area contributed by atoms with Crippen LogP contribution < -0.4 is 15.4 Å². The van der Waals surface area contributed by atoms with E-state index in [4.69, 9.17) is 4.74 Å². The maximum Gasteiger partial charge on any atom is 0.315 e. The van der Waals surface area contributed by atoms with Crippen LogP contribution in [-0.4, -0.2) is 26.4 Å². The Kier molecular flexibility index (Phi) is 5.26. The van der Waals surface area contributed by atoms with Crippen LogP contribution in [-0.2, 0) is 6.54 Å². The van der Waals surface area contributed by atoms with Gasteiger partial charge in [-0.25, -0.2) is 9.18 Å². The lowest BCUT2D eigenvalue weighted by atomic mass is 10.1. The van der Waals surface area contributed by atoms with Gasteiger partial charge >= 0.3 is 6.03 Å². The zero-order chi connectivity index (χ0) is 12.7. The third-order valence-corrected chi connectivity index (χ3v) is 2.31. The highest BCUT2D eigenvalue weighted by Gasteiger charge is 2.02. The first-order chi connectivity index (χ1) is 8.17. The van der Waals surface area contributed by atoms with Gasteiger partial charge in [-0.3, -0.25) is 0 Å². The van der Waals surface area contributed by atoms with Gasteiger partial charge in [-0.1, -0.05) is 12.1 Å². The average Bonchev–Trinajstić information content (AvgIpc) is 2.35. The zero-order valence-corrected chi connectivity index (χ0v) is 10.0. The number of ether oxygens (including phenoxy) is 1. The second-order valence-corrected chi connectivity index (χ2v) is 3.60. The number of amides is 2. The Bertz CT molecular complexity index is 383. The SMILES string of the molecule is COc1cc(CNC(=O)NCCF)ccc1C. The molecule has 0 spiro atoms. The van der Waals surface area contributed by atoms with Crippen molar-refractivity contribution in [1.29, 1.82) is 0 Å². The van der Waals surface area contributed by atoms with Crippen LogP contribution in [0.25, 0.3) is 0 Å². The number of methoxy groups -OCH3 is 1. The molecule has 0 aliphatic rings. The summed E-state index contributed by atoms with van der Waals surface area (Å²) in [6, 6.07) is 5.33. The van der Waals surface area contributed by atoms with Crippen molar-refractivity contribution in [3.05, 3.63) is 29.3 Å². The standard InChI is InChI=1S/C12H17FN2O2/c1-9-3-4-10(7-11(9)17-2)8-15-12(16)14-6-5-13/h3-4,7H,5-6,8H2,1-2H3,(H2,14,15,16). The highest BCUT2D eigenvalue weighted by Crippen LogP contribution is 2.18. The van der Waals surface area contributed by atoms with E-state index in [-0.39, 0.29) is 12.6 Å². The summed E-state index contributed by atoms with van der Waals surface area (Å²) >= 11 is 0. The summed E-state index contributed by atoms with van der Waals surface area (Å²) in [5.74, 6) is 0.786. The van der Waals surface area contributed by atoms with Crippen LogP contribution >= 0.6 is 0 Å². The number of halogens is 1. The first-order valence-corrected chi connectivity index (χ1v) is 5.38. The van der Waals surface area contributed by atoms with Crippen LogP contribution in [0.15, 0.2) is 18.2 Å². The lowest BCUT2D eigenvalue weighted by molar-refractivity contribution is 0.239. The minimum atomic E-state index is -0.564. The first kappa shape index (κ1) is 13.3. The Labute approximate surface area is 100 Å². The second kappa shape index (κ2) is 6.73. The number of aryl methyl sites for hydroxylation is 1. The molecule has 1 aromatic carbocycles. The van der Waals surface area contributed by atoms with Gasteiger partial charge in [0.25, 0.3) is 0 Å². The fourth-order valence-electron chi connectivity index (χ4n) is 1.38. The molecule has 0 atom stereocenters. The number of carbonyl (C=O) groups is 1. The highest BCUT2D eigenvalue weighted by molar-refractivity contribution is 5.73. The molecule has 2 N–H and O–H groups in total. The molecule has 0 saturated heterocycles. The number of nitrogens with one attached hydrogen (secondary N) is 2. The zero-order valence-electron chi connectivity index (χ0n) is 10.0. The Morgan fingerprint density at radius 3 is 2.82 bits per heavy atom. The van der Waals surface area contributed by atoms with Crippen LogP contribution in [0.4, 0.5) is 9.18 Å². The fourth-order valence-corrected chi connectivity index (χ4v) is 1.38. The number of hydrogen-bond donors (Lipinski definition) is 2. The number of urea groups is 1. The third-order valence-electron chi connectivity index (χ3n) is 2.31. The molecule has 0 heterocycles. The minimum absolute atomic E-state index is 0.0308. The third kappa shape index (κ3) is 4.30. The molecule has 0 aromatic heterocycles. The van der Waals surface area contributed by atoms with Gasteiger partial charge in [0.15, 0.2) is 0 Å². The summed E-state index contributed by atoms with van der Waals surface area (Å²) in [5, 5.41) is 5.02. The molecule has 2 amide bonds. The van der Waals surface area contributed by atoms with Crippen LogP contribution in [0.1, 0.15) is 11.1 Å². The van der Waals surface area contributed by atoms with Crippen molar-refractivity contribution in [3.8, 4) is 5.75 Å². The van der Waals surface area contributed by atoms with Gasteiger partial charge in [-0.15, -0.1) is 0 Å². The van der Waals surface area contributed by atoms with E-state index in [2.05, 4.69) is 10.6 Å². The van der Waals surface area contributed by atoms with Crippen LogP contribution in [0.2, 0.25) is 0 Å². The van der Waals surface area contributed by atoms with E-state index in [1.165, 1.54) is 0 Å². The summed E-state index contributed by atoms with van der Waals surface area (Å²) in [7, 11) is 1.60. The average molecular weight is 240 g/mol. The molecular weight excluding hydrogens is 223 g/mol. The van der Waals surface area contributed by atoms with E-state index in [0.29, 0.717) is 6.54 Å². The first-order valence-electron chi connectivity index (χ1n) is 5.38. The van der Waals surface area contributed by atoms with Crippen LogP contribution in [0, 0.1) is 6.92 Å². The quantitative estimate of drug-likeness (QED) is 0.824. The Hall–Kier alpha value is -1.78. The van der Waals surface area contributed by atoms with E-state index in [9.17, 15) is 9.18 Å². The Balaban J connectivity index is 2.49. The molecule has 0 unspecified atom stereocenters. The summed E-state index contributed by atoms with van der Waals surface area (Å²) in [4.78, 5) is 11.2. The van der Waals surface area contributed by atoms with Gasteiger partial charge in [0.1, 0.15) is 12.4 Å². The number of rotatable bonds is 5. The molecule has 0 aliphatic heterocycles. The normalized spacial score (nSPS) is 9.82. The molecular formula is C12H17FN2O2. The predicted octanol–water partition coefficient (Wildman–Crippen LogP) is 1.77. The maximum absolute atomic E-state index is 11.8. The monoisotopic (exact) mass is 240 g/mol. The van der Waals surface area contributed by atoms with E-state index in [1.807, 2.05) is 25.1 Å². The van der Waals surface area contributed by atoms with Gasteiger partial charge in [0, 0.05) is 13.1 Å². The van der Waals surface area contributed by atoms with Gasteiger partial charge < -0.3 is 15.4 Å². The van der Waals surface area contributed by atoms with Crippen molar-refractivity contribution >= 4 is 6.03 Å². The van der Waals surface area contributed by atoms with Crippen molar-refractivity contribution < 1.29 is 13.9 Å². The Morgan fingerprint density at radius 2 is 2.18 bits per heavy atom. The van der Waals surface area contributed by atoms with Gasteiger partial charge in [-0.2, -0.15) is 0 Å². The number of carbonyl (C=O) groups excluding carboxylic acids is 1. The van der Waals surface area contributed by atoms with Crippen LogP contribution in [0.5, 0.6) is 5.75 Å². The molecule has 94 valence electrons. The van der Waals surface area contributed by atoms with E-state index < -0.39 is 6.67 Å². The summed E-state index contributed by atoms with van der Waals surface area (Å²) in [5.41, 5.74) is 1.97. The van der Waals surface area contributed by atoms with Gasteiger partial charge in [0.05, 0.1) is 7.11 Å². The molecule has 0 radical (unpaired) electrons. The summed E-state index contributed by atoms with van der Waals surface area (Å²) in [6.07, 6.45) is 0. The van der Waals surface area contributed by atoms with Crippen molar-refractivity contribution in [1.82, 2.24) is 10.6 Å². The molecule has 17 heavy (non-hydrogen) atoms. The number of benzene rings is 1. The minimum Gasteiger partial charge on any atom is -0.496 e. The number of alkyl halides is 1. The molecule has 4 nitrogen and oxygen atoms in total. The van der Waals surface area contributed by atoms with Gasteiger partial charge in [0.2, 0.25) is 0 Å². The highest BCUT2D eigenvalue weighted by atomic mass is 19.1. The topological polar surface area (TPSA) is 50.4 Å². The molecule has 0 aliphatic carbocycles. The summed E-state index contributed by atoms with van der Waals surface area (Å²) < 4.78 is 17.0. The molecule has 5 heteroatoms. The Morgan fingerprint density at radius 1 is 1.41 bits per heavy atom. The molecule has 0 fully saturated rings.